The molecule has 1 aromatic heterocycles. The van der Waals surface area contributed by atoms with E-state index in [9.17, 15) is 15.2 Å². The van der Waals surface area contributed by atoms with Crippen LogP contribution in [0, 0.1) is 17.0 Å². The maximum absolute atomic E-state index is 11.3. The van der Waals surface area contributed by atoms with Crippen molar-refractivity contribution in [2.45, 2.75) is 32.4 Å². The average Bonchev–Trinajstić information content (AvgIpc) is 2.55. The molecule has 2 heterocycles. The Kier molecular flexibility index (Phi) is 4.87. The number of nitro benzene ring substituents is 1. The summed E-state index contributed by atoms with van der Waals surface area (Å²) in [5, 5.41) is 21.1. The zero-order valence-corrected chi connectivity index (χ0v) is 13.7. The highest BCUT2D eigenvalue weighted by molar-refractivity contribution is 5.66. The van der Waals surface area contributed by atoms with Gasteiger partial charge in [0.05, 0.1) is 11.0 Å². The predicted octanol–water partition coefficient (Wildman–Crippen LogP) is 2.92. The largest absolute Gasteiger partial charge is 0.392 e. The summed E-state index contributed by atoms with van der Waals surface area (Å²) in [6, 6.07) is 9.00. The number of non-ortho nitro benzene ring substituents is 1. The molecule has 126 valence electrons. The zero-order valence-electron chi connectivity index (χ0n) is 13.7. The lowest BCUT2D eigenvalue weighted by atomic mass is 10.0. The molecule has 1 aliphatic rings. The van der Waals surface area contributed by atoms with Gasteiger partial charge in [-0.3, -0.25) is 20.0 Å². The van der Waals surface area contributed by atoms with Crippen molar-refractivity contribution < 1.29 is 10.0 Å². The minimum atomic E-state index is -0.361. The van der Waals surface area contributed by atoms with E-state index < -0.39 is 0 Å². The third kappa shape index (κ3) is 3.96. The van der Waals surface area contributed by atoms with Crippen LogP contribution in [0.3, 0.4) is 0 Å². The molecule has 0 radical (unpaired) electrons. The van der Waals surface area contributed by atoms with Crippen LogP contribution in [-0.4, -0.2) is 39.1 Å². The van der Waals surface area contributed by atoms with Gasteiger partial charge in [0.25, 0.3) is 5.69 Å². The second-order valence-electron chi connectivity index (χ2n) is 6.36. The molecule has 3 rings (SSSR count). The Bertz CT molecular complexity index is 731. The van der Waals surface area contributed by atoms with Crippen molar-refractivity contribution in [3.63, 3.8) is 0 Å². The number of pyridine rings is 1. The van der Waals surface area contributed by atoms with Gasteiger partial charge in [0, 0.05) is 42.7 Å². The van der Waals surface area contributed by atoms with E-state index in [2.05, 4.69) is 9.88 Å². The topological polar surface area (TPSA) is 79.5 Å². The number of nitro groups is 1. The van der Waals surface area contributed by atoms with Gasteiger partial charge in [0.15, 0.2) is 0 Å². The van der Waals surface area contributed by atoms with Crippen LogP contribution < -0.4 is 0 Å². The number of hydrogen-bond donors (Lipinski definition) is 1. The maximum atomic E-state index is 11.3. The number of aromatic nitrogens is 1. The molecule has 1 N–H and O–H groups in total. The predicted molar refractivity (Wildman–Crippen MR) is 91.6 cm³/mol. The molecule has 0 unspecified atom stereocenters. The first-order chi connectivity index (χ1) is 11.5. The fourth-order valence-electron chi connectivity index (χ4n) is 3.11. The van der Waals surface area contributed by atoms with Crippen molar-refractivity contribution in [1.82, 2.24) is 9.88 Å². The van der Waals surface area contributed by atoms with Gasteiger partial charge in [0.2, 0.25) is 0 Å². The van der Waals surface area contributed by atoms with Crippen molar-refractivity contribution in [2.24, 2.45) is 0 Å². The molecule has 1 fully saturated rings. The third-order valence-electron chi connectivity index (χ3n) is 4.32. The van der Waals surface area contributed by atoms with E-state index in [1.54, 1.807) is 18.3 Å². The van der Waals surface area contributed by atoms with E-state index in [0.717, 1.165) is 41.8 Å². The highest BCUT2D eigenvalue weighted by atomic mass is 16.6. The molecule has 0 amide bonds. The van der Waals surface area contributed by atoms with E-state index in [1.165, 1.54) is 0 Å². The lowest BCUT2D eigenvalue weighted by molar-refractivity contribution is -0.384. The lowest BCUT2D eigenvalue weighted by Gasteiger charge is -2.30. The SMILES string of the molecule is Cc1ccc(-c2cc(CN3CCC[C@H](O)C3)cc([N+](=O)[O-])c2)cn1. The summed E-state index contributed by atoms with van der Waals surface area (Å²) >= 11 is 0. The van der Waals surface area contributed by atoms with Gasteiger partial charge in [-0.1, -0.05) is 6.07 Å². The van der Waals surface area contributed by atoms with Crippen LogP contribution in [0.4, 0.5) is 5.69 Å². The molecular weight excluding hydrogens is 306 g/mol. The van der Waals surface area contributed by atoms with E-state index >= 15 is 0 Å². The second kappa shape index (κ2) is 7.07. The Morgan fingerprint density at radius 3 is 2.83 bits per heavy atom. The van der Waals surface area contributed by atoms with Crippen LogP contribution in [0.5, 0.6) is 0 Å². The molecule has 1 atom stereocenters. The second-order valence-corrected chi connectivity index (χ2v) is 6.36. The monoisotopic (exact) mass is 327 g/mol. The molecule has 0 bridgehead atoms. The number of nitrogens with zero attached hydrogens (tertiary/aromatic N) is 3. The first-order valence-corrected chi connectivity index (χ1v) is 8.13. The number of aliphatic hydroxyl groups excluding tert-OH is 1. The molecule has 2 aromatic rings. The van der Waals surface area contributed by atoms with Crippen molar-refractivity contribution in [3.05, 3.63) is 57.9 Å². The number of hydrogen-bond acceptors (Lipinski definition) is 5. The van der Waals surface area contributed by atoms with Gasteiger partial charge in [-0.25, -0.2) is 0 Å². The highest BCUT2D eigenvalue weighted by Gasteiger charge is 2.19. The number of piperidine rings is 1. The molecule has 1 aromatic carbocycles. The Balaban J connectivity index is 1.90. The summed E-state index contributed by atoms with van der Waals surface area (Å²) in [6.07, 6.45) is 3.21. The number of likely N-dealkylation sites (tertiary alicyclic amines) is 1. The molecule has 0 aliphatic carbocycles. The summed E-state index contributed by atoms with van der Waals surface area (Å²) in [7, 11) is 0. The van der Waals surface area contributed by atoms with Crippen molar-refractivity contribution in [1.29, 1.82) is 0 Å². The van der Waals surface area contributed by atoms with Crippen LogP contribution in [0.2, 0.25) is 0 Å². The van der Waals surface area contributed by atoms with Crippen molar-refractivity contribution >= 4 is 5.69 Å². The molecule has 0 spiro atoms. The minimum absolute atomic E-state index is 0.0839. The van der Waals surface area contributed by atoms with E-state index in [-0.39, 0.29) is 16.7 Å². The first kappa shape index (κ1) is 16.5. The van der Waals surface area contributed by atoms with Gasteiger partial charge in [-0.2, -0.15) is 0 Å². The number of aliphatic hydroxyl groups is 1. The Hall–Kier alpha value is -2.31. The van der Waals surface area contributed by atoms with Gasteiger partial charge in [0.1, 0.15) is 0 Å². The molecule has 6 nitrogen and oxygen atoms in total. The van der Waals surface area contributed by atoms with Crippen molar-refractivity contribution in [3.8, 4) is 11.1 Å². The van der Waals surface area contributed by atoms with Crippen LogP contribution in [0.1, 0.15) is 24.1 Å². The summed E-state index contributed by atoms with van der Waals surface area (Å²) < 4.78 is 0. The summed E-state index contributed by atoms with van der Waals surface area (Å²) in [5.41, 5.74) is 3.54. The number of benzene rings is 1. The maximum Gasteiger partial charge on any atom is 0.270 e. The van der Waals surface area contributed by atoms with E-state index in [0.29, 0.717) is 13.1 Å². The standard InChI is InChI=1S/C18H21N3O3/c1-13-4-5-15(10-19-13)16-7-14(8-17(9-16)21(23)24)11-20-6-2-3-18(22)12-20/h4-5,7-10,18,22H,2-3,6,11-12H2,1H3/t18-/m0/s1. The zero-order chi connectivity index (χ0) is 17.1. The molecule has 24 heavy (non-hydrogen) atoms. The quantitative estimate of drug-likeness (QED) is 0.690. The fourth-order valence-corrected chi connectivity index (χ4v) is 3.11. The molecular formula is C18H21N3O3. The van der Waals surface area contributed by atoms with E-state index in [4.69, 9.17) is 0 Å². The molecule has 1 saturated heterocycles. The summed E-state index contributed by atoms with van der Waals surface area (Å²) in [4.78, 5) is 17.3. The molecule has 1 aliphatic heterocycles. The fraction of sp³-hybridized carbons (Fsp3) is 0.389. The van der Waals surface area contributed by atoms with Crippen LogP contribution in [-0.2, 0) is 6.54 Å². The van der Waals surface area contributed by atoms with Gasteiger partial charge in [-0.05, 0) is 49.6 Å². The van der Waals surface area contributed by atoms with Crippen LogP contribution >= 0.6 is 0 Å². The van der Waals surface area contributed by atoms with Crippen molar-refractivity contribution in [2.75, 3.05) is 13.1 Å². The van der Waals surface area contributed by atoms with Gasteiger partial charge in [-0.15, -0.1) is 0 Å². The van der Waals surface area contributed by atoms with E-state index in [1.807, 2.05) is 25.1 Å². The number of rotatable bonds is 4. The first-order valence-electron chi connectivity index (χ1n) is 8.13. The summed E-state index contributed by atoms with van der Waals surface area (Å²) in [6.45, 7) is 4.03. The van der Waals surface area contributed by atoms with Gasteiger partial charge >= 0.3 is 0 Å². The average molecular weight is 327 g/mol. The highest BCUT2D eigenvalue weighted by Crippen LogP contribution is 2.27. The lowest BCUT2D eigenvalue weighted by Crippen LogP contribution is -2.37. The third-order valence-corrected chi connectivity index (χ3v) is 4.32. The molecule has 6 heteroatoms. The Morgan fingerprint density at radius 2 is 2.17 bits per heavy atom. The van der Waals surface area contributed by atoms with Crippen LogP contribution in [0.15, 0.2) is 36.5 Å². The Labute approximate surface area is 140 Å². The summed E-state index contributed by atoms with van der Waals surface area (Å²) in [5.74, 6) is 0. The number of β-amino-alcohol motifs (C(OH)–C–C–N with tert-alkyl or cyclic N) is 1. The van der Waals surface area contributed by atoms with Gasteiger partial charge < -0.3 is 5.11 Å². The van der Waals surface area contributed by atoms with Crippen LogP contribution in [0.25, 0.3) is 11.1 Å². The smallest absolute Gasteiger partial charge is 0.270 e. The normalized spacial score (nSPS) is 18.5. The molecule has 0 saturated carbocycles. The Morgan fingerprint density at radius 1 is 1.33 bits per heavy atom. The minimum Gasteiger partial charge on any atom is -0.392 e. The number of aryl methyl sites for hydroxylation is 1.